The summed E-state index contributed by atoms with van der Waals surface area (Å²) >= 11 is 0. The number of fused-ring (bicyclic) bond motifs is 1. The van der Waals surface area contributed by atoms with Crippen LogP contribution in [0.5, 0.6) is 0 Å². The number of aromatic amines is 1. The molecule has 0 bridgehead atoms. The number of halogens is 3. The minimum absolute atomic E-state index is 0. The number of nitrogens with two attached hydrogens (primary N) is 1. The van der Waals surface area contributed by atoms with Gasteiger partial charge in [0.15, 0.2) is 5.82 Å². The van der Waals surface area contributed by atoms with Crippen molar-refractivity contribution in [2.75, 3.05) is 5.32 Å². The molecule has 0 aliphatic carbocycles. The van der Waals surface area contributed by atoms with Crippen molar-refractivity contribution in [2.24, 2.45) is 5.73 Å². The highest BCUT2D eigenvalue weighted by molar-refractivity contribution is 5.98. The van der Waals surface area contributed by atoms with Gasteiger partial charge >= 0.3 is 0 Å². The lowest BCUT2D eigenvalue weighted by molar-refractivity contribution is -0.120. The van der Waals surface area contributed by atoms with Crippen molar-refractivity contribution >= 4 is 35.0 Å². The average molecular weight is 333 g/mol. The lowest BCUT2D eigenvalue weighted by atomic mass is 9.96. The lowest BCUT2D eigenvalue weighted by Crippen LogP contribution is -2.48. The Morgan fingerprint density at radius 1 is 1.50 bits per heavy atom. The number of carbonyl (C=O) groups is 1. The van der Waals surface area contributed by atoms with Gasteiger partial charge in [-0.3, -0.25) is 4.79 Å². The van der Waals surface area contributed by atoms with Crippen LogP contribution in [0.4, 0.5) is 14.5 Å². The molecule has 0 aliphatic heterocycles. The molecule has 8 heteroatoms. The van der Waals surface area contributed by atoms with E-state index >= 15 is 0 Å². The molecule has 4 N–H and O–H groups in total. The van der Waals surface area contributed by atoms with E-state index in [4.69, 9.17) is 5.73 Å². The molecule has 0 fully saturated rings. The van der Waals surface area contributed by atoms with Gasteiger partial charge in [0.05, 0.1) is 16.6 Å². The monoisotopic (exact) mass is 332 g/mol. The zero-order valence-corrected chi connectivity index (χ0v) is 13.1. The number of carbonyl (C=O) groups excluding carboxylic acids is 1. The number of nitrogens with zero attached hydrogens (tertiary/aromatic N) is 1. The number of hydrogen-bond acceptors (Lipinski definition) is 3. The zero-order valence-electron chi connectivity index (χ0n) is 12.3. The molecule has 1 amide bonds. The Labute approximate surface area is 133 Å². The Balaban J connectivity index is 0.00000242. The highest BCUT2D eigenvalue weighted by Crippen LogP contribution is 2.23. The number of imidazole rings is 1. The summed E-state index contributed by atoms with van der Waals surface area (Å²) in [4.78, 5) is 18.4. The Kier molecular flexibility index (Phi) is 5.85. The largest absolute Gasteiger partial charge is 0.337 e. The summed E-state index contributed by atoms with van der Waals surface area (Å²) in [6.45, 7) is 3.61. The van der Waals surface area contributed by atoms with E-state index in [0.717, 1.165) is 6.42 Å². The number of alkyl halides is 2. The fourth-order valence-corrected chi connectivity index (χ4v) is 2.12. The molecule has 22 heavy (non-hydrogen) atoms. The molecule has 2 aromatic rings. The second kappa shape index (κ2) is 7.02. The minimum Gasteiger partial charge on any atom is -0.337 e. The van der Waals surface area contributed by atoms with Crippen LogP contribution in [0.15, 0.2) is 18.2 Å². The van der Waals surface area contributed by atoms with Gasteiger partial charge in [0.2, 0.25) is 5.91 Å². The highest BCUT2D eigenvalue weighted by atomic mass is 35.5. The molecule has 0 radical (unpaired) electrons. The first kappa shape index (κ1) is 18.3. The van der Waals surface area contributed by atoms with Gasteiger partial charge in [0, 0.05) is 5.69 Å². The summed E-state index contributed by atoms with van der Waals surface area (Å²) < 4.78 is 25.2. The normalized spacial score (nSPS) is 13.7. The van der Waals surface area contributed by atoms with E-state index in [1.54, 1.807) is 25.1 Å². The van der Waals surface area contributed by atoms with Crippen LogP contribution >= 0.6 is 12.4 Å². The molecule has 1 atom stereocenters. The molecule has 2 rings (SSSR count). The minimum atomic E-state index is -2.66. The molecule has 1 unspecified atom stereocenters. The predicted octanol–water partition coefficient (Wildman–Crippen LogP) is 3.38. The van der Waals surface area contributed by atoms with Crippen molar-refractivity contribution in [3.8, 4) is 0 Å². The van der Waals surface area contributed by atoms with Crippen molar-refractivity contribution in [3.63, 3.8) is 0 Å². The standard InChI is InChI=1S/C14H18F2N4O.ClH/c1-3-6-14(2,17)13(21)18-8-4-5-9-10(7-8)20-12(19-9)11(15)16;/h4-5,7,11H,3,6,17H2,1-2H3,(H,18,21)(H,19,20);1H. The summed E-state index contributed by atoms with van der Waals surface area (Å²) in [7, 11) is 0. The maximum atomic E-state index is 12.6. The molecule has 0 saturated carbocycles. The zero-order chi connectivity index (χ0) is 15.6. The Morgan fingerprint density at radius 3 is 2.77 bits per heavy atom. The molecule has 1 aromatic carbocycles. The first-order chi connectivity index (χ1) is 9.83. The van der Waals surface area contributed by atoms with E-state index in [1.807, 2.05) is 6.92 Å². The number of aromatic nitrogens is 2. The summed E-state index contributed by atoms with van der Waals surface area (Å²) in [6, 6.07) is 4.74. The van der Waals surface area contributed by atoms with E-state index in [9.17, 15) is 13.6 Å². The van der Waals surface area contributed by atoms with Gasteiger partial charge in [0.25, 0.3) is 6.43 Å². The molecule has 0 spiro atoms. The third kappa shape index (κ3) is 3.92. The maximum absolute atomic E-state index is 12.6. The Bertz CT molecular complexity index is 657. The SMILES string of the molecule is CCCC(C)(N)C(=O)Nc1ccc2nc(C(F)F)[nH]c2c1.Cl. The quantitative estimate of drug-likeness (QED) is 0.784. The molecule has 5 nitrogen and oxygen atoms in total. The van der Waals surface area contributed by atoms with Crippen LogP contribution in [0.1, 0.15) is 38.9 Å². The number of anilines is 1. The van der Waals surface area contributed by atoms with Gasteiger partial charge in [-0.25, -0.2) is 13.8 Å². The van der Waals surface area contributed by atoms with Crippen LogP contribution in [-0.2, 0) is 4.79 Å². The highest BCUT2D eigenvalue weighted by Gasteiger charge is 2.27. The van der Waals surface area contributed by atoms with Crippen molar-refractivity contribution in [3.05, 3.63) is 24.0 Å². The van der Waals surface area contributed by atoms with Gasteiger partial charge in [0.1, 0.15) is 0 Å². The summed E-state index contributed by atoms with van der Waals surface area (Å²) in [5.41, 5.74) is 6.33. The van der Waals surface area contributed by atoms with E-state index in [0.29, 0.717) is 23.1 Å². The first-order valence-electron chi connectivity index (χ1n) is 6.71. The third-order valence-corrected chi connectivity index (χ3v) is 3.25. The van der Waals surface area contributed by atoms with E-state index in [1.165, 1.54) is 0 Å². The molecule has 1 aromatic heterocycles. The number of H-pyrrole nitrogens is 1. The van der Waals surface area contributed by atoms with Gasteiger partial charge in [-0.15, -0.1) is 12.4 Å². The van der Waals surface area contributed by atoms with Crippen LogP contribution in [0.2, 0.25) is 0 Å². The fraction of sp³-hybridized carbons (Fsp3) is 0.429. The van der Waals surface area contributed by atoms with Gasteiger partial charge in [-0.2, -0.15) is 0 Å². The number of benzene rings is 1. The van der Waals surface area contributed by atoms with Crippen LogP contribution in [0.3, 0.4) is 0 Å². The summed E-state index contributed by atoms with van der Waals surface area (Å²) in [6.07, 6.45) is -1.31. The lowest BCUT2D eigenvalue weighted by Gasteiger charge is -2.22. The number of hydrogen-bond donors (Lipinski definition) is 3. The molecule has 0 saturated heterocycles. The van der Waals surface area contributed by atoms with Crippen LogP contribution < -0.4 is 11.1 Å². The van der Waals surface area contributed by atoms with Gasteiger partial charge in [-0.1, -0.05) is 13.3 Å². The number of amides is 1. The topological polar surface area (TPSA) is 83.8 Å². The predicted molar refractivity (Wildman–Crippen MR) is 84.4 cm³/mol. The maximum Gasteiger partial charge on any atom is 0.295 e. The smallest absolute Gasteiger partial charge is 0.295 e. The van der Waals surface area contributed by atoms with Crippen LogP contribution in [-0.4, -0.2) is 21.4 Å². The van der Waals surface area contributed by atoms with Gasteiger partial charge < -0.3 is 16.0 Å². The molecular formula is C14H19ClF2N4O. The average Bonchev–Trinajstić information content (AvgIpc) is 2.81. The van der Waals surface area contributed by atoms with Gasteiger partial charge in [-0.05, 0) is 31.5 Å². The molecule has 1 heterocycles. The molecular weight excluding hydrogens is 314 g/mol. The summed E-state index contributed by atoms with van der Waals surface area (Å²) in [5, 5.41) is 2.70. The van der Waals surface area contributed by atoms with Crippen LogP contribution in [0.25, 0.3) is 11.0 Å². The number of nitrogens with one attached hydrogen (secondary N) is 2. The second-order valence-electron chi connectivity index (χ2n) is 5.28. The number of rotatable bonds is 5. The van der Waals surface area contributed by atoms with Crippen molar-refractivity contribution in [1.29, 1.82) is 0 Å². The van der Waals surface area contributed by atoms with Crippen molar-refractivity contribution in [1.82, 2.24) is 9.97 Å². The summed E-state index contributed by atoms with van der Waals surface area (Å²) in [5.74, 6) is -0.694. The van der Waals surface area contributed by atoms with Crippen LogP contribution in [0, 0.1) is 0 Å². The Hall–Kier alpha value is -1.73. The Morgan fingerprint density at radius 2 is 2.18 bits per heavy atom. The fourth-order valence-electron chi connectivity index (χ4n) is 2.12. The third-order valence-electron chi connectivity index (χ3n) is 3.25. The first-order valence-corrected chi connectivity index (χ1v) is 6.71. The van der Waals surface area contributed by atoms with E-state index in [2.05, 4.69) is 15.3 Å². The van der Waals surface area contributed by atoms with Crippen molar-refractivity contribution < 1.29 is 13.6 Å². The van der Waals surface area contributed by atoms with Crippen molar-refractivity contribution in [2.45, 2.75) is 38.7 Å². The van der Waals surface area contributed by atoms with E-state index < -0.39 is 12.0 Å². The molecule has 122 valence electrons. The van der Waals surface area contributed by atoms with E-state index in [-0.39, 0.29) is 24.1 Å². The molecule has 0 aliphatic rings. The second-order valence-corrected chi connectivity index (χ2v) is 5.28.